The Morgan fingerprint density at radius 1 is 0.467 bits per heavy atom. The minimum atomic E-state index is 0.141. The Bertz CT molecular complexity index is 921. The third-order valence-electron chi connectivity index (χ3n) is 5.94. The fourth-order valence-corrected chi connectivity index (χ4v) is 4.02. The van der Waals surface area contributed by atoms with E-state index >= 15 is 0 Å². The van der Waals surface area contributed by atoms with Crippen molar-refractivity contribution in [3.63, 3.8) is 0 Å². The van der Waals surface area contributed by atoms with Gasteiger partial charge in [-0.2, -0.15) is 0 Å². The van der Waals surface area contributed by atoms with Gasteiger partial charge in [-0.3, -0.25) is 0 Å². The Morgan fingerprint density at radius 2 is 0.867 bits per heavy atom. The summed E-state index contributed by atoms with van der Waals surface area (Å²) in [5, 5.41) is 0. The molecule has 3 aromatic rings. The smallest absolute Gasteiger partial charge is 0.123 e. The van der Waals surface area contributed by atoms with E-state index in [2.05, 4.69) is 85.0 Å². The van der Waals surface area contributed by atoms with Gasteiger partial charge >= 0.3 is 0 Å². The van der Waals surface area contributed by atoms with Crippen molar-refractivity contribution in [2.24, 2.45) is 11.8 Å². The molecule has 0 fully saturated rings. The van der Waals surface area contributed by atoms with Crippen LogP contribution in [0.3, 0.4) is 0 Å². The highest BCUT2D eigenvalue weighted by molar-refractivity contribution is 5.34. The monoisotopic (exact) mass is 394 g/mol. The van der Waals surface area contributed by atoms with Crippen molar-refractivity contribution in [3.05, 3.63) is 120 Å². The van der Waals surface area contributed by atoms with E-state index in [1.807, 2.05) is 24.3 Å². The Morgan fingerprint density at radius 3 is 1.20 bits per heavy atom. The maximum atomic E-state index is 6.18. The second-order valence-corrected chi connectivity index (χ2v) is 8.11. The van der Waals surface area contributed by atoms with Crippen LogP contribution in [0.2, 0.25) is 0 Å². The Balaban J connectivity index is 1.13. The summed E-state index contributed by atoms with van der Waals surface area (Å²) in [5.74, 6) is 2.64. The molecule has 0 aromatic heterocycles. The van der Waals surface area contributed by atoms with Crippen LogP contribution in [0.15, 0.2) is 109 Å². The van der Waals surface area contributed by atoms with E-state index in [-0.39, 0.29) is 12.2 Å². The number of ether oxygens (including phenoxy) is 2. The molecular weight excluding hydrogens is 368 g/mol. The lowest BCUT2D eigenvalue weighted by atomic mass is 9.85. The second-order valence-electron chi connectivity index (χ2n) is 8.11. The first-order valence-electron chi connectivity index (χ1n) is 10.7. The van der Waals surface area contributed by atoms with Crippen LogP contribution in [-0.4, -0.2) is 12.2 Å². The van der Waals surface area contributed by atoms with Gasteiger partial charge < -0.3 is 9.47 Å². The molecular formula is C28H26O2. The summed E-state index contributed by atoms with van der Waals surface area (Å²) in [6.45, 7) is 0. The molecule has 5 rings (SSSR count). The van der Waals surface area contributed by atoms with Crippen LogP contribution in [0.25, 0.3) is 0 Å². The molecule has 2 nitrogen and oxygen atoms in total. The van der Waals surface area contributed by atoms with Crippen molar-refractivity contribution in [1.29, 1.82) is 0 Å². The SMILES string of the molecule is C1=CC(Oc2ccc(OC3C=CC3Cc3ccccc3)cc2)C1Cc1ccccc1. The fourth-order valence-electron chi connectivity index (χ4n) is 4.02. The maximum Gasteiger partial charge on any atom is 0.123 e. The standard InChI is InChI=1S/C28H26O2/c1-3-7-21(8-4-1)19-23-11-17-27(23)29-25-13-15-26(16-14-25)30-28-18-12-24(28)20-22-9-5-2-6-10-22/h1-18,23-24,27-28H,19-20H2. The second kappa shape index (κ2) is 8.62. The van der Waals surface area contributed by atoms with Gasteiger partial charge in [0, 0.05) is 11.8 Å². The predicted octanol–water partition coefficient (Wildman–Crippen LogP) is 6.04. The van der Waals surface area contributed by atoms with Gasteiger partial charge in [0.1, 0.15) is 23.7 Å². The van der Waals surface area contributed by atoms with Crippen LogP contribution >= 0.6 is 0 Å². The average Bonchev–Trinajstić information content (AvgIpc) is 2.79. The molecule has 0 spiro atoms. The van der Waals surface area contributed by atoms with Crippen LogP contribution in [-0.2, 0) is 12.8 Å². The summed E-state index contributed by atoms with van der Waals surface area (Å²) in [4.78, 5) is 0. The van der Waals surface area contributed by atoms with Gasteiger partial charge in [-0.05, 0) is 60.4 Å². The number of hydrogen-bond donors (Lipinski definition) is 0. The lowest BCUT2D eigenvalue weighted by Crippen LogP contribution is -2.32. The van der Waals surface area contributed by atoms with E-state index in [0.717, 1.165) is 24.3 Å². The lowest BCUT2D eigenvalue weighted by molar-refractivity contribution is 0.174. The summed E-state index contributed by atoms with van der Waals surface area (Å²) in [6, 6.07) is 29.2. The van der Waals surface area contributed by atoms with Crippen LogP contribution in [0, 0.1) is 11.8 Å². The maximum absolute atomic E-state index is 6.18. The molecule has 0 radical (unpaired) electrons. The molecule has 2 aliphatic carbocycles. The largest absolute Gasteiger partial charge is 0.486 e. The molecule has 0 heterocycles. The average molecular weight is 395 g/mol. The van der Waals surface area contributed by atoms with E-state index in [1.54, 1.807) is 0 Å². The quantitative estimate of drug-likeness (QED) is 0.434. The Kier molecular flexibility index (Phi) is 5.39. The Hall–Kier alpha value is -3.26. The third kappa shape index (κ3) is 4.33. The molecule has 0 amide bonds. The van der Waals surface area contributed by atoms with E-state index < -0.39 is 0 Å². The van der Waals surface area contributed by atoms with Crippen LogP contribution in [0.4, 0.5) is 0 Å². The molecule has 0 N–H and O–H groups in total. The molecule has 150 valence electrons. The molecule has 0 saturated carbocycles. The number of benzene rings is 3. The highest BCUT2D eigenvalue weighted by Crippen LogP contribution is 2.31. The van der Waals surface area contributed by atoms with Crippen molar-refractivity contribution in [2.45, 2.75) is 25.0 Å². The van der Waals surface area contributed by atoms with Crippen molar-refractivity contribution in [3.8, 4) is 11.5 Å². The molecule has 2 heteroatoms. The first-order valence-corrected chi connectivity index (χ1v) is 10.7. The molecule has 0 saturated heterocycles. The van der Waals surface area contributed by atoms with E-state index in [1.165, 1.54) is 11.1 Å². The fraction of sp³-hybridized carbons (Fsp3) is 0.214. The molecule has 30 heavy (non-hydrogen) atoms. The van der Waals surface area contributed by atoms with Gasteiger partial charge in [0.05, 0.1) is 0 Å². The molecule has 0 bridgehead atoms. The topological polar surface area (TPSA) is 18.5 Å². The summed E-state index contributed by atoms with van der Waals surface area (Å²) < 4.78 is 12.4. The molecule has 0 aliphatic heterocycles. The van der Waals surface area contributed by atoms with Crippen molar-refractivity contribution >= 4 is 0 Å². The summed E-state index contributed by atoms with van der Waals surface area (Å²) in [5.41, 5.74) is 2.70. The summed E-state index contributed by atoms with van der Waals surface area (Å²) in [6.07, 6.45) is 11.1. The molecule has 4 unspecified atom stereocenters. The zero-order valence-electron chi connectivity index (χ0n) is 16.9. The van der Waals surface area contributed by atoms with Gasteiger partial charge in [0.2, 0.25) is 0 Å². The molecule has 4 atom stereocenters. The van der Waals surface area contributed by atoms with Gasteiger partial charge in [-0.15, -0.1) is 0 Å². The van der Waals surface area contributed by atoms with Gasteiger partial charge in [0.25, 0.3) is 0 Å². The Labute approximate surface area is 178 Å². The predicted molar refractivity (Wildman–Crippen MR) is 121 cm³/mol. The zero-order valence-corrected chi connectivity index (χ0v) is 16.9. The summed E-state index contributed by atoms with van der Waals surface area (Å²) in [7, 11) is 0. The first-order chi connectivity index (χ1) is 14.8. The van der Waals surface area contributed by atoms with Crippen molar-refractivity contribution < 1.29 is 9.47 Å². The van der Waals surface area contributed by atoms with Crippen LogP contribution < -0.4 is 9.47 Å². The van der Waals surface area contributed by atoms with Crippen LogP contribution in [0.5, 0.6) is 11.5 Å². The number of hydrogen-bond acceptors (Lipinski definition) is 2. The van der Waals surface area contributed by atoms with Gasteiger partial charge in [-0.25, -0.2) is 0 Å². The molecule has 3 aromatic carbocycles. The zero-order chi connectivity index (χ0) is 20.2. The van der Waals surface area contributed by atoms with E-state index in [0.29, 0.717) is 11.8 Å². The van der Waals surface area contributed by atoms with Crippen molar-refractivity contribution in [1.82, 2.24) is 0 Å². The minimum Gasteiger partial charge on any atom is -0.486 e. The third-order valence-corrected chi connectivity index (χ3v) is 5.94. The van der Waals surface area contributed by atoms with E-state index in [4.69, 9.17) is 9.47 Å². The molecule has 2 aliphatic rings. The highest BCUT2D eigenvalue weighted by atomic mass is 16.5. The normalized spacial score (nSPS) is 24.0. The lowest BCUT2D eigenvalue weighted by Gasteiger charge is -2.31. The van der Waals surface area contributed by atoms with Gasteiger partial charge in [0.15, 0.2) is 0 Å². The summed E-state index contributed by atoms with van der Waals surface area (Å²) >= 11 is 0. The van der Waals surface area contributed by atoms with Crippen molar-refractivity contribution in [2.75, 3.05) is 0 Å². The highest BCUT2D eigenvalue weighted by Gasteiger charge is 2.27. The minimum absolute atomic E-state index is 0.141. The van der Waals surface area contributed by atoms with Crippen LogP contribution in [0.1, 0.15) is 11.1 Å². The number of rotatable bonds is 8. The first kappa shape index (κ1) is 18.7. The van der Waals surface area contributed by atoms with Gasteiger partial charge in [-0.1, -0.05) is 72.8 Å². The van der Waals surface area contributed by atoms with E-state index in [9.17, 15) is 0 Å².